The van der Waals surface area contributed by atoms with Gasteiger partial charge in [-0.2, -0.15) is 0 Å². The van der Waals surface area contributed by atoms with Crippen molar-refractivity contribution in [2.75, 3.05) is 31.1 Å². The van der Waals surface area contributed by atoms with Gasteiger partial charge in [0, 0.05) is 11.4 Å². The van der Waals surface area contributed by atoms with Crippen molar-refractivity contribution in [2.24, 2.45) is 0 Å². The van der Waals surface area contributed by atoms with Gasteiger partial charge in [0.05, 0.1) is 0 Å². The van der Waals surface area contributed by atoms with Crippen LogP contribution in [0.25, 0.3) is 0 Å². The van der Waals surface area contributed by atoms with Gasteiger partial charge in [-0.25, -0.2) is 0 Å². The Labute approximate surface area is 140 Å². The van der Waals surface area contributed by atoms with Gasteiger partial charge in [-0.05, 0) is 80.7 Å². The second-order valence-corrected chi connectivity index (χ2v) is 6.12. The predicted molar refractivity (Wildman–Crippen MR) is 100 cm³/mol. The molecule has 3 nitrogen and oxygen atoms in total. The molecule has 0 spiro atoms. The minimum atomic E-state index is 0.839. The van der Waals surface area contributed by atoms with E-state index >= 15 is 0 Å². The summed E-state index contributed by atoms with van der Waals surface area (Å²) in [7, 11) is 0. The van der Waals surface area contributed by atoms with Gasteiger partial charge in [0.2, 0.25) is 0 Å². The molecule has 0 aromatic heterocycles. The molecule has 124 valence electrons. The maximum Gasteiger partial charge on any atom is 0.0314 e. The smallest absolute Gasteiger partial charge is 0.0314 e. The molecule has 0 bridgehead atoms. The zero-order valence-electron chi connectivity index (χ0n) is 14.2. The molecule has 3 heteroatoms. The minimum Gasteiger partial charge on any atom is -0.399 e. The van der Waals surface area contributed by atoms with Crippen LogP contribution in [0, 0.1) is 0 Å². The molecule has 0 atom stereocenters. The lowest BCUT2D eigenvalue weighted by atomic mass is 10.1. The topological polar surface area (TPSA) is 55.3 Å². The molecule has 0 saturated carbocycles. The van der Waals surface area contributed by atoms with E-state index in [2.05, 4.69) is 36.1 Å². The van der Waals surface area contributed by atoms with E-state index in [1.165, 1.54) is 24.0 Å². The number of anilines is 2. The molecule has 0 fully saturated rings. The van der Waals surface area contributed by atoms with Crippen molar-refractivity contribution < 1.29 is 0 Å². The lowest BCUT2D eigenvalue weighted by Crippen LogP contribution is -2.26. The van der Waals surface area contributed by atoms with Gasteiger partial charge < -0.3 is 16.4 Å². The Balaban J connectivity index is 1.66. The van der Waals surface area contributed by atoms with E-state index in [0.29, 0.717) is 0 Å². The zero-order chi connectivity index (χ0) is 16.5. The molecule has 23 heavy (non-hydrogen) atoms. The number of rotatable bonds is 9. The second kappa shape index (κ2) is 9.21. The summed E-state index contributed by atoms with van der Waals surface area (Å²) < 4.78 is 0. The van der Waals surface area contributed by atoms with E-state index < -0.39 is 0 Å². The third-order valence-corrected chi connectivity index (χ3v) is 4.29. The Morgan fingerprint density at radius 1 is 0.696 bits per heavy atom. The Bertz CT molecular complexity index is 509. The Kier molecular flexibility index (Phi) is 6.95. The van der Waals surface area contributed by atoms with Crippen LogP contribution < -0.4 is 11.5 Å². The second-order valence-electron chi connectivity index (χ2n) is 6.12. The first-order chi connectivity index (χ1) is 11.2. The van der Waals surface area contributed by atoms with Crippen molar-refractivity contribution >= 4 is 11.4 Å². The molecule has 0 aliphatic carbocycles. The third kappa shape index (κ3) is 6.33. The van der Waals surface area contributed by atoms with Crippen molar-refractivity contribution in [1.29, 1.82) is 0 Å². The van der Waals surface area contributed by atoms with Gasteiger partial charge in [-0.1, -0.05) is 31.2 Å². The average molecular weight is 311 g/mol. The summed E-state index contributed by atoms with van der Waals surface area (Å²) >= 11 is 0. The summed E-state index contributed by atoms with van der Waals surface area (Å²) in [5.41, 5.74) is 15.9. The van der Waals surface area contributed by atoms with E-state index in [1.807, 2.05) is 24.3 Å². The van der Waals surface area contributed by atoms with Gasteiger partial charge >= 0.3 is 0 Å². The van der Waals surface area contributed by atoms with Crippen LogP contribution in [0.1, 0.15) is 30.9 Å². The molecule has 0 heterocycles. The lowest BCUT2D eigenvalue weighted by molar-refractivity contribution is 0.281. The zero-order valence-corrected chi connectivity index (χ0v) is 14.2. The molecular weight excluding hydrogens is 282 g/mol. The number of nitrogens with two attached hydrogens (primary N) is 2. The van der Waals surface area contributed by atoms with Crippen molar-refractivity contribution in [2.45, 2.75) is 32.6 Å². The lowest BCUT2D eigenvalue weighted by Gasteiger charge is -2.20. The summed E-state index contributed by atoms with van der Waals surface area (Å²) in [5.74, 6) is 0. The number of nitrogen functional groups attached to an aromatic ring is 2. The van der Waals surface area contributed by atoms with Crippen LogP contribution in [-0.4, -0.2) is 24.5 Å². The van der Waals surface area contributed by atoms with E-state index in [-0.39, 0.29) is 0 Å². The van der Waals surface area contributed by atoms with Crippen LogP contribution >= 0.6 is 0 Å². The highest BCUT2D eigenvalue weighted by Gasteiger charge is 2.03. The quantitative estimate of drug-likeness (QED) is 0.694. The first-order valence-electron chi connectivity index (χ1n) is 8.58. The maximum atomic E-state index is 5.72. The van der Waals surface area contributed by atoms with E-state index in [9.17, 15) is 0 Å². The summed E-state index contributed by atoms with van der Waals surface area (Å²) in [5, 5.41) is 0. The molecule has 0 saturated heterocycles. The van der Waals surface area contributed by atoms with Crippen LogP contribution in [0.4, 0.5) is 11.4 Å². The van der Waals surface area contributed by atoms with Crippen LogP contribution in [0.2, 0.25) is 0 Å². The number of aryl methyl sites for hydroxylation is 2. The molecule has 2 aromatic rings. The summed E-state index contributed by atoms with van der Waals surface area (Å²) in [4.78, 5) is 2.54. The monoisotopic (exact) mass is 311 g/mol. The molecule has 4 N–H and O–H groups in total. The van der Waals surface area contributed by atoms with Gasteiger partial charge in [0.25, 0.3) is 0 Å². The average Bonchev–Trinajstić information content (AvgIpc) is 2.57. The molecule has 0 aliphatic rings. The van der Waals surface area contributed by atoms with Gasteiger partial charge in [-0.3, -0.25) is 0 Å². The number of hydrogen-bond donors (Lipinski definition) is 2. The van der Waals surface area contributed by atoms with Gasteiger partial charge in [-0.15, -0.1) is 0 Å². The highest BCUT2D eigenvalue weighted by Crippen LogP contribution is 2.10. The van der Waals surface area contributed by atoms with E-state index in [4.69, 9.17) is 11.5 Å². The van der Waals surface area contributed by atoms with Crippen LogP contribution in [0.3, 0.4) is 0 Å². The van der Waals surface area contributed by atoms with Crippen LogP contribution in [0.5, 0.6) is 0 Å². The largest absolute Gasteiger partial charge is 0.399 e. The third-order valence-electron chi connectivity index (χ3n) is 4.29. The summed E-state index contributed by atoms with van der Waals surface area (Å²) in [6, 6.07) is 16.5. The van der Waals surface area contributed by atoms with Crippen molar-refractivity contribution in [1.82, 2.24) is 4.90 Å². The predicted octanol–water partition coefficient (Wildman–Crippen LogP) is 3.74. The molecule has 2 aromatic carbocycles. The highest BCUT2D eigenvalue weighted by atomic mass is 15.1. The number of nitrogens with zero attached hydrogens (tertiary/aromatic N) is 1. The molecule has 0 unspecified atom stereocenters. The SMILES string of the molecule is CCN(CCCc1ccc(N)cc1)CCCc1ccc(N)cc1. The fraction of sp³-hybridized carbons (Fsp3) is 0.400. The van der Waals surface area contributed by atoms with Crippen molar-refractivity contribution in [3.63, 3.8) is 0 Å². The first kappa shape index (κ1) is 17.4. The normalized spacial score (nSPS) is 11.0. The Morgan fingerprint density at radius 3 is 1.43 bits per heavy atom. The first-order valence-corrected chi connectivity index (χ1v) is 8.58. The van der Waals surface area contributed by atoms with Crippen LogP contribution in [-0.2, 0) is 12.8 Å². The van der Waals surface area contributed by atoms with E-state index in [1.54, 1.807) is 0 Å². The number of benzene rings is 2. The van der Waals surface area contributed by atoms with E-state index in [0.717, 1.165) is 43.9 Å². The molecule has 0 amide bonds. The molecule has 2 rings (SSSR count). The Morgan fingerprint density at radius 2 is 1.09 bits per heavy atom. The standard InChI is InChI=1S/C20H29N3/c1-2-23(15-3-5-17-7-11-19(21)12-8-17)16-4-6-18-9-13-20(22)14-10-18/h7-14H,2-6,15-16,21-22H2,1H3. The minimum absolute atomic E-state index is 0.839. The molecule has 0 aliphatic heterocycles. The summed E-state index contributed by atoms with van der Waals surface area (Å²) in [6.45, 7) is 5.67. The Hall–Kier alpha value is -2.00. The van der Waals surface area contributed by atoms with Crippen molar-refractivity contribution in [3.8, 4) is 0 Å². The number of hydrogen-bond acceptors (Lipinski definition) is 3. The summed E-state index contributed by atoms with van der Waals surface area (Å²) in [6.07, 6.45) is 4.63. The fourth-order valence-corrected chi connectivity index (χ4v) is 2.81. The van der Waals surface area contributed by atoms with Gasteiger partial charge in [0.1, 0.15) is 0 Å². The maximum absolute atomic E-state index is 5.72. The molecular formula is C20H29N3. The highest BCUT2D eigenvalue weighted by molar-refractivity contribution is 5.39. The van der Waals surface area contributed by atoms with Crippen LogP contribution in [0.15, 0.2) is 48.5 Å². The van der Waals surface area contributed by atoms with Crippen molar-refractivity contribution in [3.05, 3.63) is 59.7 Å². The molecule has 0 radical (unpaired) electrons. The van der Waals surface area contributed by atoms with Gasteiger partial charge in [0.15, 0.2) is 0 Å². The fourth-order valence-electron chi connectivity index (χ4n) is 2.81.